The van der Waals surface area contributed by atoms with Crippen molar-refractivity contribution in [1.29, 1.82) is 0 Å². The maximum atomic E-state index is 6.08. The molecule has 0 spiro atoms. The summed E-state index contributed by atoms with van der Waals surface area (Å²) in [7, 11) is 1.61. The van der Waals surface area contributed by atoms with Gasteiger partial charge in [0.05, 0.1) is 18.8 Å². The molecular formula is C16H20ClN3O3. The molecule has 1 aliphatic rings. The molecule has 6 nitrogen and oxygen atoms in total. The number of methoxy groups -OCH3 is 1. The van der Waals surface area contributed by atoms with E-state index in [4.69, 9.17) is 25.6 Å². The fraction of sp³-hybridized carbons (Fsp3) is 0.500. The Morgan fingerprint density at radius 2 is 2.35 bits per heavy atom. The van der Waals surface area contributed by atoms with Gasteiger partial charge in [-0.2, -0.15) is 4.98 Å². The first-order valence-electron chi connectivity index (χ1n) is 7.60. The molecule has 2 unspecified atom stereocenters. The van der Waals surface area contributed by atoms with Gasteiger partial charge in [0, 0.05) is 25.2 Å². The van der Waals surface area contributed by atoms with Crippen LogP contribution in [0.4, 0.5) is 0 Å². The quantitative estimate of drug-likeness (QED) is 0.835. The normalized spacial score (nSPS) is 20.6. The van der Waals surface area contributed by atoms with Crippen LogP contribution in [0.2, 0.25) is 5.02 Å². The van der Waals surface area contributed by atoms with Crippen molar-refractivity contribution in [2.75, 3.05) is 26.8 Å². The van der Waals surface area contributed by atoms with E-state index in [1.807, 2.05) is 24.3 Å². The number of morpholine rings is 1. The summed E-state index contributed by atoms with van der Waals surface area (Å²) >= 11 is 6.08. The zero-order valence-corrected chi connectivity index (χ0v) is 14.0. The molecule has 23 heavy (non-hydrogen) atoms. The van der Waals surface area contributed by atoms with Crippen molar-refractivity contribution >= 4 is 11.6 Å². The van der Waals surface area contributed by atoms with E-state index in [9.17, 15) is 0 Å². The number of aromatic nitrogens is 2. The molecule has 0 aliphatic carbocycles. The lowest BCUT2D eigenvalue weighted by Crippen LogP contribution is -2.40. The second-order valence-corrected chi connectivity index (χ2v) is 6.00. The Hall–Kier alpha value is -1.47. The molecule has 0 bridgehead atoms. The Labute approximate surface area is 140 Å². The summed E-state index contributed by atoms with van der Waals surface area (Å²) in [6, 6.07) is 7.82. The van der Waals surface area contributed by atoms with Gasteiger partial charge in [0.2, 0.25) is 5.89 Å². The third-order valence-corrected chi connectivity index (χ3v) is 4.22. The predicted octanol–water partition coefficient (Wildman–Crippen LogP) is 3.00. The van der Waals surface area contributed by atoms with Crippen molar-refractivity contribution < 1.29 is 14.0 Å². The van der Waals surface area contributed by atoms with Crippen molar-refractivity contribution in [3.8, 4) is 0 Å². The van der Waals surface area contributed by atoms with Gasteiger partial charge in [0.1, 0.15) is 6.61 Å². The van der Waals surface area contributed by atoms with Gasteiger partial charge < -0.3 is 14.0 Å². The Bertz CT molecular complexity index is 649. The average molecular weight is 338 g/mol. The molecule has 2 heterocycles. The Kier molecular flexibility index (Phi) is 5.27. The van der Waals surface area contributed by atoms with Gasteiger partial charge in [-0.05, 0) is 24.6 Å². The van der Waals surface area contributed by atoms with Gasteiger partial charge in [-0.15, -0.1) is 0 Å². The topological polar surface area (TPSA) is 60.6 Å². The predicted molar refractivity (Wildman–Crippen MR) is 85.1 cm³/mol. The summed E-state index contributed by atoms with van der Waals surface area (Å²) in [5.74, 6) is 1.16. The van der Waals surface area contributed by atoms with Crippen LogP contribution in [0, 0.1) is 0 Å². The Morgan fingerprint density at radius 3 is 3.13 bits per heavy atom. The van der Waals surface area contributed by atoms with Crippen LogP contribution in [0.25, 0.3) is 0 Å². The van der Waals surface area contributed by atoms with E-state index in [0.29, 0.717) is 24.9 Å². The summed E-state index contributed by atoms with van der Waals surface area (Å²) < 4.78 is 16.3. The summed E-state index contributed by atoms with van der Waals surface area (Å²) in [4.78, 5) is 6.66. The molecule has 1 fully saturated rings. The maximum Gasteiger partial charge on any atom is 0.243 e. The minimum absolute atomic E-state index is 0.00809. The van der Waals surface area contributed by atoms with E-state index in [0.717, 1.165) is 23.7 Å². The van der Waals surface area contributed by atoms with Crippen LogP contribution < -0.4 is 0 Å². The first-order chi connectivity index (χ1) is 11.2. The average Bonchev–Trinajstić information content (AvgIpc) is 3.03. The van der Waals surface area contributed by atoms with Gasteiger partial charge in [-0.3, -0.25) is 4.90 Å². The number of halogens is 1. The number of ether oxygens (including phenoxy) is 2. The van der Waals surface area contributed by atoms with Crippen molar-refractivity contribution in [2.45, 2.75) is 25.7 Å². The first kappa shape index (κ1) is 16.4. The minimum atomic E-state index is -0.00809. The van der Waals surface area contributed by atoms with Gasteiger partial charge in [-0.25, -0.2) is 0 Å². The van der Waals surface area contributed by atoms with Crippen LogP contribution in [0.5, 0.6) is 0 Å². The Balaban J connectivity index is 1.69. The van der Waals surface area contributed by atoms with Gasteiger partial charge >= 0.3 is 0 Å². The lowest BCUT2D eigenvalue weighted by atomic mass is 10.1. The largest absolute Gasteiger partial charge is 0.377 e. The number of hydrogen-bond donors (Lipinski definition) is 0. The van der Waals surface area contributed by atoms with Crippen molar-refractivity contribution in [3.05, 3.63) is 46.6 Å². The number of rotatable bonds is 5. The summed E-state index contributed by atoms with van der Waals surface area (Å²) in [6.45, 7) is 4.64. The van der Waals surface area contributed by atoms with E-state index >= 15 is 0 Å². The molecule has 0 N–H and O–H groups in total. The van der Waals surface area contributed by atoms with Crippen molar-refractivity contribution in [3.63, 3.8) is 0 Å². The highest BCUT2D eigenvalue weighted by molar-refractivity contribution is 6.30. The summed E-state index contributed by atoms with van der Waals surface area (Å²) in [5.41, 5.74) is 1.08. The molecule has 2 aromatic rings. The summed E-state index contributed by atoms with van der Waals surface area (Å²) in [5, 5.41) is 4.64. The molecule has 0 amide bonds. The zero-order chi connectivity index (χ0) is 16.2. The Morgan fingerprint density at radius 1 is 1.48 bits per heavy atom. The van der Waals surface area contributed by atoms with Crippen LogP contribution in [0.1, 0.15) is 36.3 Å². The first-order valence-corrected chi connectivity index (χ1v) is 7.97. The zero-order valence-electron chi connectivity index (χ0n) is 13.2. The van der Waals surface area contributed by atoms with E-state index < -0.39 is 0 Å². The van der Waals surface area contributed by atoms with Crippen LogP contribution in [0.15, 0.2) is 28.8 Å². The highest BCUT2D eigenvalue weighted by atomic mass is 35.5. The van der Waals surface area contributed by atoms with Crippen LogP contribution in [0.3, 0.4) is 0 Å². The van der Waals surface area contributed by atoms with Crippen molar-refractivity contribution in [2.24, 2.45) is 0 Å². The van der Waals surface area contributed by atoms with Crippen LogP contribution >= 0.6 is 11.6 Å². The molecular weight excluding hydrogens is 318 g/mol. The van der Waals surface area contributed by atoms with Crippen LogP contribution in [-0.4, -0.2) is 41.8 Å². The highest BCUT2D eigenvalue weighted by Crippen LogP contribution is 2.29. The minimum Gasteiger partial charge on any atom is -0.377 e. The fourth-order valence-electron chi connectivity index (χ4n) is 2.71. The maximum absolute atomic E-state index is 6.08. The number of nitrogens with zero attached hydrogens (tertiary/aromatic N) is 3. The van der Waals surface area contributed by atoms with E-state index in [-0.39, 0.29) is 12.1 Å². The van der Waals surface area contributed by atoms with Gasteiger partial charge in [-0.1, -0.05) is 28.9 Å². The molecule has 1 aliphatic heterocycles. The standard InChI is InChI=1S/C16H20ClN3O3/c1-11(16-18-15(10-21-2)19-23-16)20-6-7-22-14(9-20)12-4-3-5-13(17)8-12/h3-5,8,11,14H,6-7,9-10H2,1-2H3. The van der Waals surface area contributed by atoms with Crippen LogP contribution in [-0.2, 0) is 16.1 Å². The smallest absolute Gasteiger partial charge is 0.243 e. The molecule has 124 valence electrons. The molecule has 1 aromatic carbocycles. The lowest BCUT2D eigenvalue weighted by molar-refractivity contribution is -0.0469. The van der Waals surface area contributed by atoms with Crippen molar-refractivity contribution in [1.82, 2.24) is 15.0 Å². The third-order valence-electron chi connectivity index (χ3n) is 3.98. The SMILES string of the molecule is COCc1noc(C(C)N2CCOC(c3cccc(Cl)c3)C2)n1. The van der Waals surface area contributed by atoms with Gasteiger partial charge in [0.15, 0.2) is 5.82 Å². The fourth-order valence-corrected chi connectivity index (χ4v) is 2.91. The lowest BCUT2D eigenvalue weighted by Gasteiger charge is -2.35. The number of hydrogen-bond acceptors (Lipinski definition) is 6. The molecule has 7 heteroatoms. The molecule has 3 rings (SSSR count). The third kappa shape index (κ3) is 3.90. The monoisotopic (exact) mass is 337 g/mol. The summed E-state index contributed by atoms with van der Waals surface area (Å²) in [6.07, 6.45) is -0.00809. The second kappa shape index (κ2) is 7.40. The number of benzene rings is 1. The molecule has 1 aromatic heterocycles. The second-order valence-electron chi connectivity index (χ2n) is 5.57. The van der Waals surface area contributed by atoms with E-state index in [2.05, 4.69) is 22.0 Å². The van der Waals surface area contributed by atoms with Gasteiger partial charge in [0.25, 0.3) is 0 Å². The molecule has 2 atom stereocenters. The van der Waals surface area contributed by atoms with E-state index in [1.165, 1.54) is 0 Å². The molecule has 0 radical (unpaired) electrons. The van der Waals surface area contributed by atoms with E-state index in [1.54, 1.807) is 7.11 Å². The molecule has 0 saturated carbocycles. The molecule has 1 saturated heterocycles. The highest BCUT2D eigenvalue weighted by Gasteiger charge is 2.28.